The van der Waals surface area contributed by atoms with Crippen molar-refractivity contribution >= 4 is 27.4 Å². The highest BCUT2D eigenvalue weighted by molar-refractivity contribution is 7.89. The second kappa shape index (κ2) is 8.85. The smallest absolute Gasteiger partial charge is 0.352 e. The quantitative estimate of drug-likeness (QED) is 0.517. The Morgan fingerprint density at radius 3 is 2.28 bits per heavy atom. The second-order valence-electron chi connectivity index (χ2n) is 8.48. The highest BCUT2D eigenvalue weighted by atomic mass is 32.2. The van der Waals surface area contributed by atoms with Gasteiger partial charge in [-0.1, -0.05) is 0 Å². The number of hydrogen-bond acceptors (Lipinski definition) is 7. The fraction of sp³-hybridized carbons (Fsp3) is 0.364. The predicted octanol–water partition coefficient (Wildman–Crippen LogP) is 1.93. The molecule has 0 atom stereocenters. The number of amides is 1. The van der Waals surface area contributed by atoms with Gasteiger partial charge in [-0.25, -0.2) is 13.4 Å². The number of rotatable bonds is 4. The summed E-state index contributed by atoms with van der Waals surface area (Å²) in [4.78, 5) is 18.4. The van der Waals surface area contributed by atoms with Gasteiger partial charge in [-0.2, -0.15) is 17.5 Å². The number of nitrogens with zero attached hydrogens (tertiary/aromatic N) is 7. The Morgan fingerprint density at radius 2 is 1.67 bits per heavy atom. The number of imidazole rings is 1. The van der Waals surface area contributed by atoms with E-state index in [0.29, 0.717) is 35.2 Å². The molecule has 3 aromatic rings. The van der Waals surface area contributed by atoms with Gasteiger partial charge in [0.15, 0.2) is 11.6 Å². The van der Waals surface area contributed by atoms with E-state index in [9.17, 15) is 26.4 Å². The molecule has 10 nitrogen and oxygen atoms in total. The van der Waals surface area contributed by atoms with Gasteiger partial charge < -0.3 is 9.80 Å². The number of alkyl halides is 3. The van der Waals surface area contributed by atoms with Crippen LogP contribution in [0.2, 0.25) is 0 Å². The van der Waals surface area contributed by atoms with E-state index in [4.69, 9.17) is 0 Å². The summed E-state index contributed by atoms with van der Waals surface area (Å²) >= 11 is 0. The van der Waals surface area contributed by atoms with Gasteiger partial charge in [0.25, 0.3) is 0 Å². The van der Waals surface area contributed by atoms with Crippen molar-refractivity contribution < 1.29 is 26.4 Å². The Morgan fingerprint density at radius 1 is 0.972 bits per heavy atom. The molecule has 0 unspecified atom stereocenters. The van der Waals surface area contributed by atoms with Gasteiger partial charge in [-0.05, 0) is 49.2 Å². The maximum absolute atomic E-state index is 13.2. The Hall–Kier alpha value is -3.52. The second-order valence-corrected chi connectivity index (χ2v) is 10.4. The van der Waals surface area contributed by atoms with Crippen LogP contribution in [0.1, 0.15) is 11.4 Å². The lowest BCUT2D eigenvalue weighted by Crippen LogP contribution is -2.49. The molecule has 190 valence electrons. The number of hydrogen-bond donors (Lipinski definition) is 0. The molecular formula is C22H22F3N7O3S. The fourth-order valence-electron chi connectivity index (χ4n) is 4.44. The van der Waals surface area contributed by atoms with E-state index in [1.165, 1.54) is 22.5 Å². The number of fused-ring (bicyclic) bond motifs is 1. The van der Waals surface area contributed by atoms with E-state index < -0.39 is 22.1 Å². The lowest BCUT2D eigenvalue weighted by Gasteiger charge is -2.34. The molecule has 36 heavy (non-hydrogen) atoms. The summed E-state index contributed by atoms with van der Waals surface area (Å²) < 4.78 is 68.1. The molecule has 1 amide bonds. The molecule has 0 bridgehead atoms. The highest BCUT2D eigenvalue weighted by Crippen LogP contribution is 2.34. The number of aryl methyl sites for hydroxylation is 1. The maximum atomic E-state index is 13.2. The van der Waals surface area contributed by atoms with E-state index in [1.54, 1.807) is 17.0 Å². The van der Waals surface area contributed by atoms with Gasteiger partial charge in [-0.15, -0.1) is 10.2 Å². The number of benzene rings is 1. The minimum Gasteiger partial charge on any atom is -0.352 e. The third-order valence-electron chi connectivity index (χ3n) is 6.34. The van der Waals surface area contributed by atoms with Gasteiger partial charge in [0.2, 0.25) is 10.0 Å². The topological polar surface area (TPSA) is 105 Å². The normalized spacial score (nSPS) is 16.9. The van der Waals surface area contributed by atoms with Crippen molar-refractivity contribution in [2.75, 3.05) is 42.5 Å². The zero-order valence-electron chi connectivity index (χ0n) is 19.2. The van der Waals surface area contributed by atoms with Crippen molar-refractivity contribution in [3.63, 3.8) is 0 Å². The SMILES string of the molecule is Cc1nccn1-c1ccc(N2CCN(S(=O)(=O)c3ccc4c(c3)CCN4C(=O)C(F)(F)F)CC2)nn1. The highest BCUT2D eigenvalue weighted by Gasteiger charge is 2.45. The monoisotopic (exact) mass is 521 g/mol. The Bertz CT molecular complexity index is 1400. The van der Waals surface area contributed by atoms with Crippen LogP contribution >= 0.6 is 0 Å². The molecule has 2 aliphatic heterocycles. The van der Waals surface area contributed by atoms with Gasteiger partial charge in [0.1, 0.15) is 5.82 Å². The molecular weight excluding hydrogens is 499 g/mol. The Kier molecular flexibility index (Phi) is 5.95. The van der Waals surface area contributed by atoms with Crippen LogP contribution in [-0.4, -0.2) is 77.3 Å². The van der Waals surface area contributed by atoms with E-state index in [-0.39, 0.29) is 36.6 Å². The predicted molar refractivity (Wildman–Crippen MR) is 123 cm³/mol. The first kappa shape index (κ1) is 24.2. The zero-order valence-corrected chi connectivity index (χ0v) is 20.0. The van der Waals surface area contributed by atoms with Crippen LogP contribution in [-0.2, 0) is 21.2 Å². The molecule has 1 fully saturated rings. The van der Waals surface area contributed by atoms with Crippen molar-refractivity contribution in [3.8, 4) is 5.82 Å². The van der Waals surface area contributed by atoms with Crippen molar-refractivity contribution in [2.45, 2.75) is 24.4 Å². The molecule has 2 aromatic heterocycles. The minimum atomic E-state index is -4.99. The number of aromatic nitrogens is 4. The molecule has 0 saturated carbocycles. The van der Waals surface area contributed by atoms with Crippen LogP contribution in [0.4, 0.5) is 24.7 Å². The first-order chi connectivity index (χ1) is 17.1. The van der Waals surface area contributed by atoms with Crippen LogP contribution in [0.5, 0.6) is 0 Å². The van der Waals surface area contributed by atoms with Crippen LogP contribution in [0.15, 0.2) is 47.6 Å². The Balaban J connectivity index is 1.26. The maximum Gasteiger partial charge on any atom is 0.471 e. The number of carbonyl (C=O) groups excluding carboxylic acids is 1. The molecule has 1 aromatic carbocycles. The summed E-state index contributed by atoms with van der Waals surface area (Å²) in [6, 6.07) is 7.53. The number of anilines is 2. The summed E-state index contributed by atoms with van der Waals surface area (Å²) in [5, 5.41) is 8.51. The molecule has 0 aliphatic carbocycles. The molecule has 0 spiro atoms. The van der Waals surface area contributed by atoms with Crippen molar-refractivity contribution in [3.05, 3.63) is 54.1 Å². The number of carbonyl (C=O) groups is 1. The zero-order chi connectivity index (χ0) is 25.7. The third kappa shape index (κ3) is 4.30. The molecule has 4 heterocycles. The largest absolute Gasteiger partial charge is 0.471 e. The molecule has 1 saturated heterocycles. The minimum absolute atomic E-state index is 0.00384. The average Bonchev–Trinajstić information content (AvgIpc) is 3.49. The standard InChI is InChI=1S/C22H22F3N7O3S/c1-15-26-7-9-31(15)20-5-4-19(27-28-20)29-10-12-30(13-11-29)36(34,35)17-2-3-18-16(14-17)6-8-32(18)21(33)22(23,24)25/h2-5,7,9,14H,6,8,10-13H2,1H3. The van der Waals surface area contributed by atoms with Crippen LogP contribution in [0.3, 0.4) is 0 Å². The van der Waals surface area contributed by atoms with E-state index >= 15 is 0 Å². The van der Waals surface area contributed by atoms with Crippen molar-refractivity contribution in [1.29, 1.82) is 0 Å². The third-order valence-corrected chi connectivity index (χ3v) is 8.24. The van der Waals surface area contributed by atoms with Crippen LogP contribution in [0.25, 0.3) is 5.82 Å². The molecule has 2 aliphatic rings. The molecule has 0 N–H and O–H groups in total. The first-order valence-corrected chi connectivity index (χ1v) is 12.6. The van der Waals surface area contributed by atoms with E-state index in [1.807, 2.05) is 24.0 Å². The lowest BCUT2D eigenvalue weighted by atomic mass is 10.2. The number of piperazine rings is 1. The van der Waals surface area contributed by atoms with E-state index in [0.717, 1.165) is 5.82 Å². The fourth-order valence-corrected chi connectivity index (χ4v) is 5.92. The summed E-state index contributed by atoms with van der Waals surface area (Å²) in [6.07, 6.45) is -1.38. The van der Waals surface area contributed by atoms with Gasteiger partial charge >= 0.3 is 12.1 Å². The van der Waals surface area contributed by atoms with E-state index in [2.05, 4.69) is 15.2 Å². The van der Waals surface area contributed by atoms with Gasteiger partial charge in [0, 0.05) is 50.8 Å². The summed E-state index contributed by atoms with van der Waals surface area (Å²) in [5.74, 6) is 0.0777. The lowest BCUT2D eigenvalue weighted by molar-refractivity contribution is -0.170. The number of halogens is 3. The first-order valence-electron chi connectivity index (χ1n) is 11.2. The summed E-state index contributed by atoms with van der Waals surface area (Å²) in [6.45, 7) is 2.93. The van der Waals surface area contributed by atoms with Crippen molar-refractivity contribution in [2.24, 2.45) is 0 Å². The average molecular weight is 522 g/mol. The molecule has 5 rings (SSSR count). The van der Waals surface area contributed by atoms with Gasteiger partial charge in [-0.3, -0.25) is 9.36 Å². The Labute approximate surface area is 205 Å². The van der Waals surface area contributed by atoms with Crippen molar-refractivity contribution in [1.82, 2.24) is 24.1 Å². The molecule has 0 radical (unpaired) electrons. The number of sulfonamides is 1. The summed E-state index contributed by atoms with van der Waals surface area (Å²) in [5.41, 5.74) is 0.491. The molecule has 14 heteroatoms. The van der Waals surface area contributed by atoms with Crippen LogP contribution in [0, 0.1) is 6.92 Å². The van der Waals surface area contributed by atoms with Gasteiger partial charge in [0.05, 0.1) is 4.90 Å². The van der Waals surface area contributed by atoms with Crippen LogP contribution < -0.4 is 9.80 Å². The summed E-state index contributed by atoms with van der Waals surface area (Å²) in [7, 11) is -3.86.